The maximum absolute atomic E-state index is 13.2. The maximum atomic E-state index is 13.2. The molecule has 1 N–H and O–H groups in total. The molecule has 0 saturated carbocycles. The van der Waals surface area contributed by atoms with Crippen LogP contribution in [0.15, 0.2) is 53.4 Å². The number of sulfonamides is 1. The molecular weight excluding hydrogens is 429 g/mol. The van der Waals surface area contributed by atoms with Gasteiger partial charge in [-0.15, -0.1) is 0 Å². The van der Waals surface area contributed by atoms with Crippen molar-refractivity contribution in [3.63, 3.8) is 0 Å². The van der Waals surface area contributed by atoms with Crippen LogP contribution in [0.2, 0.25) is 0 Å². The van der Waals surface area contributed by atoms with Crippen molar-refractivity contribution in [1.29, 1.82) is 0 Å². The van der Waals surface area contributed by atoms with Gasteiger partial charge in [0.2, 0.25) is 15.9 Å². The summed E-state index contributed by atoms with van der Waals surface area (Å²) in [6.07, 6.45) is 3.77. The topological polar surface area (TPSA) is 69.7 Å². The normalized spacial score (nSPS) is 20.3. The largest absolute Gasteiger partial charge is 0.352 e. The van der Waals surface area contributed by atoms with Crippen LogP contribution < -0.4 is 5.32 Å². The number of nitrogens with zero attached hydrogens (tertiary/aromatic N) is 2. The summed E-state index contributed by atoms with van der Waals surface area (Å²) >= 11 is 0. The fourth-order valence-electron chi connectivity index (χ4n) is 4.50. The molecule has 1 amide bonds. The highest BCUT2D eigenvalue weighted by molar-refractivity contribution is 7.89. The second kappa shape index (κ2) is 10.1. The van der Waals surface area contributed by atoms with Crippen LogP contribution in [0.25, 0.3) is 0 Å². The summed E-state index contributed by atoms with van der Waals surface area (Å²) in [5, 5.41) is 2.99. The van der Waals surface area contributed by atoms with Crippen LogP contribution in [0.4, 0.5) is 4.39 Å². The molecule has 4 rings (SSSR count). The average molecular weight is 460 g/mol. The first kappa shape index (κ1) is 22.9. The van der Waals surface area contributed by atoms with Crippen LogP contribution in [0.5, 0.6) is 0 Å². The van der Waals surface area contributed by atoms with Gasteiger partial charge in [-0.25, -0.2) is 12.8 Å². The lowest BCUT2D eigenvalue weighted by Gasteiger charge is -2.31. The van der Waals surface area contributed by atoms with Gasteiger partial charge in [-0.2, -0.15) is 4.31 Å². The van der Waals surface area contributed by atoms with Crippen LogP contribution in [0.1, 0.15) is 36.8 Å². The van der Waals surface area contributed by atoms with Crippen molar-refractivity contribution in [3.05, 3.63) is 65.5 Å². The second-order valence-corrected chi connectivity index (χ2v) is 10.6. The Hall–Kier alpha value is -2.29. The zero-order chi connectivity index (χ0) is 22.6. The Labute approximate surface area is 189 Å². The van der Waals surface area contributed by atoms with E-state index >= 15 is 0 Å². The van der Waals surface area contributed by atoms with E-state index in [-0.39, 0.29) is 17.3 Å². The van der Waals surface area contributed by atoms with Crippen molar-refractivity contribution in [1.82, 2.24) is 14.5 Å². The summed E-state index contributed by atoms with van der Waals surface area (Å²) in [7, 11) is -3.75. The Morgan fingerprint density at radius 1 is 1.00 bits per heavy atom. The lowest BCUT2D eigenvalue weighted by atomic mass is 9.98. The molecule has 2 aromatic rings. The fraction of sp³-hybridized carbons (Fsp3) is 0.458. The average Bonchev–Trinajstić information content (AvgIpc) is 3.31. The molecule has 32 heavy (non-hydrogen) atoms. The van der Waals surface area contributed by atoms with E-state index in [9.17, 15) is 17.6 Å². The molecule has 0 unspecified atom stereocenters. The van der Waals surface area contributed by atoms with Crippen molar-refractivity contribution < 1.29 is 17.6 Å². The van der Waals surface area contributed by atoms with E-state index in [1.165, 1.54) is 34.8 Å². The van der Waals surface area contributed by atoms with Gasteiger partial charge in [-0.3, -0.25) is 9.69 Å². The number of benzene rings is 2. The minimum absolute atomic E-state index is 0.0507. The molecule has 1 atom stereocenters. The molecule has 0 aliphatic carbocycles. The number of amides is 1. The third-order valence-electron chi connectivity index (χ3n) is 6.27. The SMILES string of the molecule is O=C(NCc1cccc(CN2CCCC2)c1)[C@H]1CCCN(S(=O)(=O)c2ccc(F)cc2)C1. The number of halogens is 1. The second-order valence-electron chi connectivity index (χ2n) is 8.68. The van der Waals surface area contributed by atoms with Gasteiger partial charge in [-0.1, -0.05) is 24.3 Å². The predicted octanol–water partition coefficient (Wildman–Crippen LogP) is 3.14. The Morgan fingerprint density at radius 3 is 2.47 bits per heavy atom. The van der Waals surface area contributed by atoms with Crippen LogP contribution in [-0.2, 0) is 27.9 Å². The van der Waals surface area contributed by atoms with Crippen molar-refractivity contribution >= 4 is 15.9 Å². The minimum Gasteiger partial charge on any atom is -0.352 e. The van der Waals surface area contributed by atoms with Gasteiger partial charge in [0.05, 0.1) is 10.8 Å². The van der Waals surface area contributed by atoms with E-state index in [2.05, 4.69) is 22.3 Å². The van der Waals surface area contributed by atoms with Gasteiger partial charge < -0.3 is 5.32 Å². The smallest absolute Gasteiger partial charge is 0.243 e. The van der Waals surface area contributed by atoms with Crippen molar-refractivity contribution in [3.8, 4) is 0 Å². The zero-order valence-electron chi connectivity index (χ0n) is 18.2. The lowest BCUT2D eigenvalue weighted by molar-refractivity contribution is -0.126. The zero-order valence-corrected chi connectivity index (χ0v) is 19.0. The molecule has 0 aromatic heterocycles. The summed E-state index contributed by atoms with van der Waals surface area (Å²) in [6.45, 7) is 4.14. The van der Waals surface area contributed by atoms with Gasteiger partial charge >= 0.3 is 0 Å². The quantitative estimate of drug-likeness (QED) is 0.691. The molecule has 172 valence electrons. The van der Waals surface area contributed by atoms with Crippen LogP contribution in [0.3, 0.4) is 0 Å². The minimum atomic E-state index is -3.75. The Balaban J connectivity index is 1.34. The molecule has 0 spiro atoms. The number of rotatable bonds is 7. The third-order valence-corrected chi connectivity index (χ3v) is 8.15. The fourth-order valence-corrected chi connectivity index (χ4v) is 6.02. The molecule has 8 heteroatoms. The van der Waals surface area contributed by atoms with E-state index in [1.54, 1.807) is 0 Å². The standard InChI is InChI=1S/C24H30FN3O3S/c25-22-8-10-23(11-9-22)32(30,31)28-14-4-7-21(18-28)24(29)26-16-19-5-3-6-20(15-19)17-27-12-1-2-13-27/h3,5-6,8-11,15,21H,1-2,4,7,12-14,16-18H2,(H,26,29)/t21-/m0/s1. The van der Waals surface area contributed by atoms with Crippen LogP contribution >= 0.6 is 0 Å². The molecule has 2 aromatic carbocycles. The molecule has 2 aliphatic rings. The number of carbonyl (C=O) groups is 1. The third kappa shape index (κ3) is 5.54. The Morgan fingerprint density at radius 2 is 1.72 bits per heavy atom. The number of nitrogens with one attached hydrogen (secondary N) is 1. The molecular formula is C24H30FN3O3S. The highest BCUT2D eigenvalue weighted by Crippen LogP contribution is 2.24. The van der Waals surface area contributed by atoms with Crippen LogP contribution in [0, 0.1) is 11.7 Å². The van der Waals surface area contributed by atoms with Gasteiger partial charge in [0.15, 0.2) is 0 Å². The first-order valence-corrected chi connectivity index (χ1v) is 12.7. The number of hydrogen-bond donors (Lipinski definition) is 1. The van der Waals surface area contributed by atoms with Gasteiger partial charge in [0.1, 0.15) is 5.82 Å². The number of piperidine rings is 1. The number of hydrogen-bond acceptors (Lipinski definition) is 4. The summed E-state index contributed by atoms with van der Waals surface area (Å²) in [5.41, 5.74) is 2.29. The maximum Gasteiger partial charge on any atom is 0.243 e. The summed E-state index contributed by atoms with van der Waals surface area (Å²) < 4.78 is 40.3. The number of likely N-dealkylation sites (tertiary alicyclic amines) is 1. The molecule has 6 nitrogen and oxygen atoms in total. The molecule has 2 heterocycles. The summed E-state index contributed by atoms with van der Waals surface area (Å²) in [6, 6.07) is 13.1. The van der Waals surface area contributed by atoms with Crippen molar-refractivity contribution in [2.75, 3.05) is 26.2 Å². The van der Waals surface area contributed by atoms with Gasteiger partial charge in [0, 0.05) is 26.2 Å². The van der Waals surface area contributed by atoms with Crippen molar-refractivity contribution in [2.45, 2.75) is 43.7 Å². The van der Waals surface area contributed by atoms with Crippen LogP contribution in [-0.4, -0.2) is 49.7 Å². The van der Waals surface area contributed by atoms with Gasteiger partial charge in [0.25, 0.3) is 0 Å². The van der Waals surface area contributed by atoms with Crippen molar-refractivity contribution in [2.24, 2.45) is 5.92 Å². The first-order chi connectivity index (χ1) is 15.4. The summed E-state index contributed by atoms with van der Waals surface area (Å²) in [4.78, 5) is 15.3. The Kier molecular flexibility index (Phi) is 7.23. The molecule has 2 fully saturated rings. The highest BCUT2D eigenvalue weighted by Gasteiger charge is 2.33. The summed E-state index contributed by atoms with van der Waals surface area (Å²) in [5.74, 6) is -1.01. The predicted molar refractivity (Wildman–Crippen MR) is 121 cm³/mol. The monoisotopic (exact) mass is 459 g/mol. The van der Waals surface area contributed by atoms with E-state index in [0.717, 1.165) is 37.3 Å². The lowest BCUT2D eigenvalue weighted by Crippen LogP contribution is -2.45. The van der Waals surface area contributed by atoms with E-state index in [4.69, 9.17) is 0 Å². The van der Waals surface area contributed by atoms with E-state index < -0.39 is 21.8 Å². The molecule has 0 bridgehead atoms. The highest BCUT2D eigenvalue weighted by atomic mass is 32.2. The Bertz CT molecular complexity index is 1040. The molecule has 2 saturated heterocycles. The van der Waals surface area contributed by atoms with E-state index in [0.29, 0.717) is 25.9 Å². The van der Waals surface area contributed by atoms with Gasteiger partial charge in [-0.05, 0) is 74.2 Å². The molecule has 2 aliphatic heterocycles. The molecule has 0 radical (unpaired) electrons. The first-order valence-electron chi connectivity index (χ1n) is 11.3. The van der Waals surface area contributed by atoms with E-state index in [1.807, 2.05) is 12.1 Å². The number of carbonyl (C=O) groups excluding carboxylic acids is 1.